The lowest BCUT2D eigenvalue weighted by atomic mass is 9.99. The summed E-state index contributed by atoms with van der Waals surface area (Å²) in [5.74, 6) is 0.796. The number of nitrogens with zero attached hydrogens (tertiary/aromatic N) is 1. The molecule has 68 valence electrons. The Balaban J connectivity index is 2.50. The van der Waals surface area contributed by atoms with Crippen molar-refractivity contribution >= 4 is 16.5 Å². The van der Waals surface area contributed by atoms with Gasteiger partial charge < -0.3 is 5.73 Å². The van der Waals surface area contributed by atoms with Crippen molar-refractivity contribution in [3.8, 4) is 0 Å². The Bertz CT molecular complexity index is 228. The van der Waals surface area contributed by atoms with E-state index in [1.54, 1.807) is 11.3 Å². The summed E-state index contributed by atoms with van der Waals surface area (Å²) in [5, 5.41) is 0.691. The molecule has 0 saturated heterocycles. The van der Waals surface area contributed by atoms with Crippen molar-refractivity contribution in [3.05, 3.63) is 11.1 Å². The van der Waals surface area contributed by atoms with Crippen LogP contribution in [-0.4, -0.2) is 4.98 Å². The van der Waals surface area contributed by atoms with Crippen LogP contribution in [0.5, 0.6) is 0 Å². The number of nitrogens with two attached hydrogens (primary N) is 1. The van der Waals surface area contributed by atoms with Crippen LogP contribution in [-0.2, 0) is 6.42 Å². The molecule has 0 atom stereocenters. The van der Waals surface area contributed by atoms with Crippen LogP contribution < -0.4 is 5.73 Å². The van der Waals surface area contributed by atoms with Crippen LogP contribution in [0.1, 0.15) is 31.6 Å². The van der Waals surface area contributed by atoms with Crippen molar-refractivity contribution in [2.75, 3.05) is 5.73 Å². The highest BCUT2D eigenvalue weighted by atomic mass is 32.1. The zero-order valence-electron chi connectivity index (χ0n) is 7.71. The van der Waals surface area contributed by atoms with Gasteiger partial charge in [-0.25, -0.2) is 4.98 Å². The number of hydrogen-bond donors (Lipinski definition) is 1. The Morgan fingerprint density at radius 3 is 2.58 bits per heavy atom. The van der Waals surface area contributed by atoms with Crippen molar-refractivity contribution in [3.63, 3.8) is 0 Å². The topological polar surface area (TPSA) is 38.9 Å². The molecular weight excluding hydrogens is 168 g/mol. The summed E-state index contributed by atoms with van der Waals surface area (Å²) in [5.41, 5.74) is 5.54. The van der Waals surface area contributed by atoms with Crippen LogP contribution in [0, 0.1) is 5.92 Å². The van der Waals surface area contributed by atoms with Gasteiger partial charge in [0, 0.05) is 11.1 Å². The van der Waals surface area contributed by atoms with Crippen molar-refractivity contribution < 1.29 is 0 Å². The van der Waals surface area contributed by atoms with Gasteiger partial charge in [-0.2, -0.15) is 0 Å². The van der Waals surface area contributed by atoms with Gasteiger partial charge in [-0.3, -0.25) is 0 Å². The molecule has 0 aliphatic heterocycles. The van der Waals surface area contributed by atoms with Gasteiger partial charge in [0.2, 0.25) is 0 Å². The van der Waals surface area contributed by atoms with Gasteiger partial charge in [0.05, 0.1) is 0 Å². The summed E-state index contributed by atoms with van der Waals surface area (Å²) >= 11 is 1.61. The highest BCUT2D eigenvalue weighted by Gasteiger charge is 2.06. The second-order valence-corrected chi connectivity index (χ2v) is 4.20. The van der Waals surface area contributed by atoms with Gasteiger partial charge in [-0.15, -0.1) is 11.3 Å². The second-order valence-electron chi connectivity index (χ2n) is 3.05. The van der Waals surface area contributed by atoms with Gasteiger partial charge in [0.1, 0.15) is 0 Å². The zero-order valence-corrected chi connectivity index (χ0v) is 8.53. The van der Waals surface area contributed by atoms with Crippen LogP contribution in [0.15, 0.2) is 6.20 Å². The van der Waals surface area contributed by atoms with Crippen LogP contribution in [0.25, 0.3) is 0 Å². The van der Waals surface area contributed by atoms with Crippen LogP contribution in [0.4, 0.5) is 5.13 Å². The Morgan fingerprint density at radius 1 is 1.50 bits per heavy atom. The first-order valence-corrected chi connectivity index (χ1v) is 5.28. The van der Waals surface area contributed by atoms with Crippen molar-refractivity contribution in [1.82, 2.24) is 4.98 Å². The van der Waals surface area contributed by atoms with E-state index in [0.29, 0.717) is 5.13 Å². The molecule has 0 radical (unpaired) electrons. The van der Waals surface area contributed by atoms with Gasteiger partial charge in [0.15, 0.2) is 5.13 Å². The predicted octanol–water partition coefficient (Wildman–Crippen LogP) is 2.70. The average Bonchev–Trinajstić information content (AvgIpc) is 2.47. The lowest BCUT2D eigenvalue weighted by Crippen LogP contribution is -1.99. The van der Waals surface area contributed by atoms with E-state index in [0.717, 1.165) is 12.3 Å². The van der Waals surface area contributed by atoms with Crippen LogP contribution in [0.2, 0.25) is 0 Å². The summed E-state index contributed by atoms with van der Waals surface area (Å²) < 4.78 is 0. The normalized spacial score (nSPS) is 10.9. The van der Waals surface area contributed by atoms with Crippen LogP contribution in [0.3, 0.4) is 0 Å². The SMILES string of the molecule is CCC(CC)Cc1cnc(N)s1. The number of nitrogen functional groups attached to an aromatic ring is 1. The maximum Gasteiger partial charge on any atom is 0.180 e. The molecule has 1 aromatic heterocycles. The number of aromatic nitrogens is 1. The van der Waals surface area contributed by atoms with E-state index < -0.39 is 0 Å². The number of anilines is 1. The summed E-state index contributed by atoms with van der Waals surface area (Å²) in [6.45, 7) is 4.47. The molecule has 12 heavy (non-hydrogen) atoms. The number of rotatable bonds is 4. The molecular formula is C9H16N2S. The summed E-state index contributed by atoms with van der Waals surface area (Å²) in [6, 6.07) is 0. The molecule has 0 aromatic carbocycles. The summed E-state index contributed by atoms with van der Waals surface area (Å²) in [6.07, 6.45) is 5.53. The first-order valence-electron chi connectivity index (χ1n) is 4.46. The fourth-order valence-electron chi connectivity index (χ4n) is 1.28. The van der Waals surface area contributed by atoms with E-state index in [1.807, 2.05) is 6.20 Å². The zero-order chi connectivity index (χ0) is 8.97. The maximum atomic E-state index is 5.54. The Kier molecular flexibility index (Phi) is 3.53. The van der Waals surface area contributed by atoms with Crippen LogP contribution >= 0.6 is 11.3 Å². The van der Waals surface area contributed by atoms with Gasteiger partial charge in [0.25, 0.3) is 0 Å². The fourth-order valence-corrected chi connectivity index (χ4v) is 2.08. The summed E-state index contributed by atoms with van der Waals surface area (Å²) in [4.78, 5) is 5.36. The quantitative estimate of drug-likeness (QED) is 0.781. The molecule has 0 bridgehead atoms. The first-order chi connectivity index (χ1) is 5.76. The number of hydrogen-bond acceptors (Lipinski definition) is 3. The van der Waals surface area contributed by atoms with Gasteiger partial charge in [-0.05, 0) is 12.3 Å². The third-order valence-corrected chi connectivity index (χ3v) is 3.06. The molecule has 1 aromatic rings. The molecule has 0 spiro atoms. The van der Waals surface area contributed by atoms with E-state index in [-0.39, 0.29) is 0 Å². The van der Waals surface area contributed by atoms with E-state index in [9.17, 15) is 0 Å². The Labute approximate surface area is 77.8 Å². The Hall–Kier alpha value is -0.570. The van der Waals surface area contributed by atoms with E-state index in [2.05, 4.69) is 18.8 Å². The standard InChI is InChI=1S/C9H16N2S/c1-3-7(4-2)5-8-6-11-9(10)12-8/h6-7H,3-5H2,1-2H3,(H2,10,11). The fraction of sp³-hybridized carbons (Fsp3) is 0.667. The van der Waals surface area contributed by atoms with Crippen molar-refractivity contribution in [1.29, 1.82) is 0 Å². The lowest BCUT2D eigenvalue weighted by Gasteiger charge is -2.08. The third kappa shape index (κ3) is 2.48. The Morgan fingerprint density at radius 2 is 2.17 bits per heavy atom. The largest absolute Gasteiger partial charge is 0.375 e. The molecule has 1 rings (SSSR count). The molecule has 3 heteroatoms. The molecule has 1 heterocycles. The predicted molar refractivity (Wildman–Crippen MR) is 54.3 cm³/mol. The number of thiazole rings is 1. The highest BCUT2D eigenvalue weighted by molar-refractivity contribution is 7.15. The lowest BCUT2D eigenvalue weighted by molar-refractivity contribution is 0.494. The molecule has 0 saturated carbocycles. The molecule has 0 aliphatic carbocycles. The molecule has 0 aliphatic rings. The second kappa shape index (κ2) is 4.45. The minimum atomic E-state index is 0.691. The smallest absolute Gasteiger partial charge is 0.180 e. The third-order valence-electron chi connectivity index (χ3n) is 2.22. The van der Waals surface area contributed by atoms with E-state index in [1.165, 1.54) is 17.7 Å². The van der Waals surface area contributed by atoms with Gasteiger partial charge in [-0.1, -0.05) is 26.7 Å². The summed E-state index contributed by atoms with van der Waals surface area (Å²) in [7, 11) is 0. The van der Waals surface area contributed by atoms with E-state index in [4.69, 9.17) is 5.73 Å². The molecule has 0 fully saturated rings. The first kappa shape index (κ1) is 9.52. The monoisotopic (exact) mass is 184 g/mol. The van der Waals surface area contributed by atoms with E-state index >= 15 is 0 Å². The highest BCUT2D eigenvalue weighted by Crippen LogP contribution is 2.21. The van der Waals surface area contributed by atoms with Crippen molar-refractivity contribution in [2.24, 2.45) is 5.92 Å². The average molecular weight is 184 g/mol. The molecule has 0 amide bonds. The minimum absolute atomic E-state index is 0.691. The molecule has 0 unspecified atom stereocenters. The molecule has 2 N–H and O–H groups in total. The maximum absolute atomic E-state index is 5.54. The molecule has 2 nitrogen and oxygen atoms in total. The van der Waals surface area contributed by atoms with Crippen molar-refractivity contribution in [2.45, 2.75) is 33.1 Å². The minimum Gasteiger partial charge on any atom is -0.375 e. The van der Waals surface area contributed by atoms with Gasteiger partial charge >= 0.3 is 0 Å².